The van der Waals surface area contributed by atoms with Gasteiger partial charge >= 0.3 is 0 Å². The molecule has 0 amide bonds. The summed E-state index contributed by atoms with van der Waals surface area (Å²) in [5.41, 5.74) is 0.484. The van der Waals surface area contributed by atoms with Crippen LogP contribution in [0.5, 0.6) is 5.75 Å². The van der Waals surface area contributed by atoms with Crippen molar-refractivity contribution >= 4 is 0 Å². The molecule has 1 aromatic heterocycles. The van der Waals surface area contributed by atoms with Crippen LogP contribution in [0.15, 0.2) is 17.1 Å². The minimum Gasteiger partial charge on any atom is -0.503 e. The molecule has 0 aliphatic heterocycles. The van der Waals surface area contributed by atoms with E-state index in [4.69, 9.17) is 0 Å². The van der Waals surface area contributed by atoms with Crippen molar-refractivity contribution in [3.63, 3.8) is 0 Å². The highest BCUT2D eigenvalue weighted by atomic mass is 16.3. The van der Waals surface area contributed by atoms with E-state index in [9.17, 15) is 15.0 Å². The van der Waals surface area contributed by atoms with E-state index in [0.717, 1.165) is 38.0 Å². The number of rotatable bonds is 9. The molecule has 0 fully saturated rings. The summed E-state index contributed by atoms with van der Waals surface area (Å²) in [5, 5.41) is 19.2. The van der Waals surface area contributed by atoms with Crippen LogP contribution >= 0.6 is 0 Å². The molecule has 0 aromatic carbocycles. The van der Waals surface area contributed by atoms with Crippen LogP contribution in [-0.4, -0.2) is 39.4 Å². The third kappa shape index (κ3) is 4.86. The van der Waals surface area contributed by atoms with Crippen LogP contribution in [0.25, 0.3) is 0 Å². The standard InChI is InChI=1S/C16H28N2O3/c1-4-7-8-17(6-3)10-14-9-15(20)16(21)11-18(14)13(5-2)12-19/h9,11,13,19,21H,4-8,10,12H2,1-3H3. The molecule has 0 bridgehead atoms. The van der Waals surface area contributed by atoms with Gasteiger partial charge in [0.1, 0.15) is 0 Å². The molecular formula is C16H28N2O3. The fourth-order valence-corrected chi connectivity index (χ4v) is 2.42. The van der Waals surface area contributed by atoms with Gasteiger partial charge in [-0.05, 0) is 25.9 Å². The van der Waals surface area contributed by atoms with E-state index >= 15 is 0 Å². The van der Waals surface area contributed by atoms with E-state index in [1.165, 1.54) is 12.3 Å². The monoisotopic (exact) mass is 296 g/mol. The average molecular weight is 296 g/mol. The SMILES string of the molecule is CCCCN(CC)Cc1cc(=O)c(O)cn1C(CC)CO. The summed E-state index contributed by atoms with van der Waals surface area (Å²) < 4.78 is 1.84. The Labute approximate surface area is 126 Å². The molecule has 2 N–H and O–H groups in total. The van der Waals surface area contributed by atoms with Crippen LogP contribution in [0.3, 0.4) is 0 Å². The van der Waals surface area contributed by atoms with E-state index in [-0.39, 0.29) is 23.8 Å². The minimum atomic E-state index is -0.361. The summed E-state index contributed by atoms with van der Waals surface area (Å²) in [6.07, 6.45) is 4.45. The molecule has 0 radical (unpaired) electrons. The number of aromatic hydroxyl groups is 1. The van der Waals surface area contributed by atoms with E-state index in [2.05, 4.69) is 18.7 Å². The minimum absolute atomic E-state index is 0.00705. The van der Waals surface area contributed by atoms with E-state index < -0.39 is 0 Å². The Balaban J connectivity index is 3.08. The lowest BCUT2D eigenvalue weighted by Crippen LogP contribution is -2.28. The van der Waals surface area contributed by atoms with Gasteiger partial charge in [-0.3, -0.25) is 9.69 Å². The number of aromatic nitrogens is 1. The highest BCUT2D eigenvalue weighted by Crippen LogP contribution is 2.17. The lowest BCUT2D eigenvalue weighted by atomic mass is 10.2. The normalized spacial score (nSPS) is 12.8. The largest absolute Gasteiger partial charge is 0.503 e. The molecule has 0 aliphatic rings. The summed E-state index contributed by atoms with van der Waals surface area (Å²) in [5.74, 6) is -0.262. The molecule has 1 heterocycles. The zero-order valence-corrected chi connectivity index (χ0v) is 13.4. The molecule has 1 rings (SSSR count). The molecule has 1 aromatic rings. The van der Waals surface area contributed by atoms with E-state index in [1.54, 1.807) is 0 Å². The Bertz CT molecular complexity index is 481. The Kier molecular flexibility index (Phi) is 7.47. The van der Waals surface area contributed by atoms with Gasteiger partial charge < -0.3 is 14.8 Å². The fourth-order valence-electron chi connectivity index (χ4n) is 2.42. The topological polar surface area (TPSA) is 65.7 Å². The first-order valence-corrected chi connectivity index (χ1v) is 7.84. The Hall–Kier alpha value is -1.33. The molecule has 21 heavy (non-hydrogen) atoms. The van der Waals surface area contributed by atoms with Gasteiger partial charge in [0.15, 0.2) is 5.75 Å². The third-order valence-electron chi connectivity index (χ3n) is 3.88. The highest BCUT2D eigenvalue weighted by molar-refractivity contribution is 5.21. The van der Waals surface area contributed by atoms with Crippen LogP contribution in [0, 0.1) is 0 Å². The van der Waals surface area contributed by atoms with Crippen molar-refractivity contribution in [2.45, 2.75) is 52.6 Å². The molecule has 0 saturated heterocycles. The van der Waals surface area contributed by atoms with Gasteiger partial charge in [0.2, 0.25) is 5.43 Å². The molecule has 1 atom stereocenters. The first-order valence-electron chi connectivity index (χ1n) is 7.84. The van der Waals surface area contributed by atoms with Crippen LogP contribution < -0.4 is 5.43 Å². The maximum atomic E-state index is 11.7. The Morgan fingerprint density at radius 1 is 1.33 bits per heavy atom. The van der Waals surface area contributed by atoms with E-state index in [0.29, 0.717) is 6.54 Å². The summed E-state index contributed by atoms with van der Waals surface area (Å²) in [6.45, 7) is 8.78. The first kappa shape index (κ1) is 17.7. The van der Waals surface area contributed by atoms with Crippen molar-refractivity contribution in [2.75, 3.05) is 19.7 Å². The van der Waals surface area contributed by atoms with Crippen LogP contribution in [0.4, 0.5) is 0 Å². The van der Waals surface area contributed by atoms with Gasteiger partial charge in [0.25, 0.3) is 0 Å². The maximum absolute atomic E-state index is 11.7. The van der Waals surface area contributed by atoms with Gasteiger partial charge in [-0.2, -0.15) is 0 Å². The second-order valence-electron chi connectivity index (χ2n) is 5.39. The van der Waals surface area contributed by atoms with Crippen molar-refractivity contribution in [2.24, 2.45) is 0 Å². The number of nitrogens with zero attached hydrogens (tertiary/aromatic N) is 2. The molecule has 0 spiro atoms. The summed E-state index contributed by atoms with van der Waals surface area (Å²) in [4.78, 5) is 14.0. The summed E-state index contributed by atoms with van der Waals surface area (Å²) in [7, 11) is 0. The molecular weight excluding hydrogens is 268 g/mol. The lowest BCUT2D eigenvalue weighted by molar-refractivity contribution is 0.211. The van der Waals surface area contributed by atoms with Crippen molar-refractivity contribution in [1.29, 1.82) is 0 Å². The van der Waals surface area contributed by atoms with Crippen LogP contribution in [0.1, 0.15) is 51.8 Å². The molecule has 5 nitrogen and oxygen atoms in total. The van der Waals surface area contributed by atoms with Crippen molar-refractivity contribution in [3.8, 4) is 5.75 Å². The average Bonchev–Trinajstić information content (AvgIpc) is 2.49. The molecule has 120 valence electrons. The smallest absolute Gasteiger partial charge is 0.223 e. The molecule has 1 unspecified atom stereocenters. The van der Waals surface area contributed by atoms with E-state index in [1.807, 2.05) is 11.5 Å². The molecule has 5 heteroatoms. The lowest BCUT2D eigenvalue weighted by Gasteiger charge is -2.26. The maximum Gasteiger partial charge on any atom is 0.223 e. The zero-order valence-electron chi connectivity index (χ0n) is 13.4. The number of aliphatic hydroxyl groups is 1. The quantitative estimate of drug-likeness (QED) is 0.732. The van der Waals surface area contributed by atoms with Crippen molar-refractivity contribution in [3.05, 3.63) is 28.2 Å². The highest BCUT2D eigenvalue weighted by Gasteiger charge is 2.15. The Morgan fingerprint density at radius 3 is 2.57 bits per heavy atom. The van der Waals surface area contributed by atoms with Gasteiger partial charge in [0, 0.05) is 18.3 Å². The predicted molar refractivity (Wildman–Crippen MR) is 84.6 cm³/mol. The van der Waals surface area contributed by atoms with Gasteiger partial charge in [0.05, 0.1) is 18.8 Å². The second kappa shape index (κ2) is 8.85. The summed E-state index contributed by atoms with van der Waals surface area (Å²) >= 11 is 0. The predicted octanol–water partition coefficient (Wildman–Crippen LogP) is 2.12. The third-order valence-corrected chi connectivity index (χ3v) is 3.88. The molecule has 0 saturated carbocycles. The van der Waals surface area contributed by atoms with Crippen LogP contribution in [-0.2, 0) is 6.54 Å². The molecule has 0 aliphatic carbocycles. The Morgan fingerprint density at radius 2 is 2.05 bits per heavy atom. The van der Waals surface area contributed by atoms with Gasteiger partial charge in [-0.1, -0.05) is 27.2 Å². The number of hydrogen-bond donors (Lipinski definition) is 2. The van der Waals surface area contributed by atoms with Crippen molar-refractivity contribution in [1.82, 2.24) is 9.47 Å². The number of hydrogen-bond acceptors (Lipinski definition) is 4. The van der Waals surface area contributed by atoms with Crippen molar-refractivity contribution < 1.29 is 10.2 Å². The van der Waals surface area contributed by atoms with Gasteiger partial charge in [-0.15, -0.1) is 0 Å². The summed E-state index contributed by atoms with van der Waals surface area (Å²) in [6, 6.07) is 1.37. The number of unbranched alkanes of at least 4 members (excludes halogenated alkanes) is 1. The zero-order chi connectivity index (χ0) is 15.8. The second-order valence-corrected chi connectivity index (χ2v) is 5.39. The van der Waals surface area contributed by atoms with Gasteiger partial charge in [-0.25, -0.2) is 0 Å². The number of pyridine rings is 1. The number of aliphatic hydroxyl groups excluding tert-OH is 1. The fraction of sp³-hybridized carbons (Fsp3) is 0.688. The van der Waals surface area contributed by atoms with Crippen LogP contribution in [0.2, 0.25) is 0 Å². The first-order chi connectivity index (χ1) is 10.1.